The van der Waals surface area contributed by atoms with Gasteiger partial charge < -0.3 is 9.64 Å². The van der Waals surface area contributed by atoms with Gasteiger partial charge in [0.05, 0.1) is 18.8 Å². The molecule has 86 valence electrons. The SMILES string of the molecule is CCOC(=O)N1CCc2n[nH]c(=O)cc2C1. The summed E-state index contributed by atoms with van der Waals surface area (Å²) < 4.78 is 4.91. The van der Waals surface area contributed by atoms with Gasteiger partial charge in [-0.3, -0.25) is 4.79 Å². The smallest absolute Gasteiger partial charge is 0.410 e. The minimum atomic E-state index is -0.339. The largest absolute Gasteiger partial charge is 0.450 e. The first-order valence-electron chi connectivity index (χ1n) is 5.20. The van der Waals surface area contributed by atoms with E-state index in [1.807, 2.05) is 0 Å². The number of nitrogens with zero attached hydrogens (tertiary/aromatic N) is 2. The van der Waals surface area contributed by atoms with Crippen LogP contribution < -0.4 is 5.56 Å². The second-order valence-corrected chi connectivity index (χ2v) is 3.57. The monoisotopic (exact) mass is 223 g/mol. The van der Waals surface area contributed by atoms with Gasteiger partial charge in [-0.1, -0.05) is 0 Å². The number of aromatic amines is 1. The van der Waals surface area contributed by atoms with Crippen molar-refractivity contribution < 1.29 is 9.53 Å². The first-order chi connectivity index (χ1) is 7.70. The summed E-state index contributed by atoms with van der Waals surface area (Å²) >= 11 is 0. The molecule has 2 heterocycles. The Kier molecular flexibility index (Phi) is 2.89. The number of nitrogens with one attached hydrogen (secondary N) is 1. The summed E-state index contributed by atoms with van der Waals surface area (Å²) in [4.78, 5) is 24.2. The number of amides is 1. The van der Waals surface area contributed by atoms with E-state index in [0.717, 1.165) is 11.3 Å². The van der Waals surface area contributed by atoms with E-state index in [4.69, 9.17) is 4.74 Å². The lowest BCUT2D eigenvalue weighted by Gasteiger charge is -2.26. The van der Waals surface area contributed by atoms with Crippen molar-refractivity contribution in [3.05, 3.63) is 27.7 Å². The van der Waals surface area contributed by atoms with Gasteiger partial charge in [-0.2, -0.15) is 5.10 Å². The normalized spacial score (nSPS) is 14.4. The highest BCUT2D eigenvalue weighted by Crippen LogP contribution is 2.15. The van der Waals surface area contributed by atoms with Crippen LogP contribution in [0.15, 0.2) is 10.9 Å². The number of rotatable bonds is 1. The molecule has 0 unspecified atom stereocenters. The Hall–Kier alpha value is -1.85. The van der Waals surface area contributed by atoms with Crippen molar-refractivity contribution in [3.63, 3.8) is 0 Å². The van der Waals surface area contributed by atoms with Gasteiger partial charge >= 0.3 is 6.09 Å². The van der Waals surface area contributed by atoms with Gasteiger partial charge in [0, 0.05) is 24.6 Å². The van der Waals surface area contributed by atoms with E-state index in [9.17, 15) is 9.59 Å². The first-order valence-corrected chi connectivity index (χ1v) is 5.20. The van der Waals surface area contributed by atoms with E-state index in [0.29, 0.717) is 26.1 Å². The fraction of sp³-hybridized carbons (Fsp3) is 0.500. The molecule has 6 heteroatoms. The molecule has 0 aromatic carbocycles. The minimum absolute atomic E-state index is 0.246. The fourth-order valence-corrected chi connectivity index (χ4v) is 1.72. The van der Waals surface area contributed by atoms with Gasteiger partial charge in [-0.15, -0.1) is 0 Å². The molecule has 1 N–H and O–H groups in total. The number of H-pyrrole nitrogens is 1. The zero-order chi connectivity index (χ0) is 11.5. The lowest BCUT2D eigenvalue weighted by molar-refractivity contribution is 0.102. The first kappa shape index (κ1) is 10.7. The minimum Gasteiger partial charge on any atom is -0.450 e. The van der Waals surface area contributed by atoms with Crippen molar-refractivity contribution in [2.75, 3.05) is 13.2 Å². The van der Waals surface area contributed by atoms with Crippen molar-refractivity contribution in [2.24, 2.45) is 0 Å². The van der Waals surface area contributed by atoms with E-state index in [1.54, 1.807) is 11.8 Å². The molecule has 0 fully saturated rings. The maximum absolute atomic E-state index is 11.5. The molecule has 16 heavy (non-hydrogen) atoms. The number of ether oxygens (including phenoxy) is 1. The number of hydrogen-bond acceptors (Lipinski definition) is 4. The third-order valence-corrected chi connectivity index (χ3v) is 2.48. The van der Waals surface area contributed by atoms with Crippen LogP contribution in [0.25, 0.3) is 0 Å². The Balaban J connectivity index is 2.16. The molecule has 0 saturated heterocycles. The maximum atomic E-state index is 11.5. The standard InChI is InChI=1S/C10H13N3O3/c1-2-16-10(15)13-4-3-8-7(6-13)5-9(14)12-11-8/h5H,2-4,6H2,1H3,(H,12,14). The lowest BCUT2D eigenvalue weighted by Crippen LogP contribution is -2.37. The van der Waals surface area contributed by atoms with E-state index in [1.165, 1.54) is 6.07 Å². The van der Waals surface area contributed by atoms with E-state index < -0.39 is 0 Å². The van der Waals surface area contributed by atoms with Gasteiger partial charge in [0.2, 0.25) is 0 Å². The summed E-state index contributed by atoms with van der Waals surface area (Å²) in [6.45, 7) is 3.09. The molecule has 0 atom stereocenters. The molecule has 0 spiro atoms. The van der Waals surface area contributed by atoms with Crippen LogP contribution in [0.1, 0.15) is 18.2 Å². The van der Waals surface area contributed by atoms with Gasteiger partial charge in [-0.05, 0) is 6.92 Å². The highest BCUT2D eigenvalue weighted by Gasteiger charge is 2.22. The van der Waals surface area contributed by atoms with E-state index >= 15 is 0 Å². The summed E-state index contributed by atoms with van der Waals surface area (Å²) in [5.41, 5.74) is 1.40. The zero-order valence-corrected chi connectivity index (χ0v) is 9.02. The highest BCUT2D eigenvalue weighted by molar-refractivity contribution is 5.68. The average Bonchev–Trinajstić information content (AvgIpc) is 2.28. The van der Waals surface area contributed by atoms with Crippen LogP contribution in [0.3, 0.4) is 0 Å². The van der Waals surface area contributed by atoms with E-state index in [-0.39, 0.29) is 11.7 Å². The molecule has 0 aliphatic carbocycles. The quantitative estimate of drug-likeness (QED) is 0.742. The average molecular weight is 223 g/mol. The molecule has 1 aromatic rings. The van der Waals surface area contributed by atoms with Crippen LogP contribution >= 0.6 is 0 Å². The second kappa shape index (κ2) is 4.34. The molecule has 0 bridgehead atoms. The predicted octanol–water partition coefficient (Wildman–Crippen LogP) is 0.285. The molecular weight excluding hydrogens is 210 g/mol. The van der Waals surface area contributed by atoms with Crippen LogP contribution in [-0.4, -0.2) is 34.3 Å². The number of carbonyl (C=O) groups excluding carboxylic acids is 1. The highest BCUT2D eigenvalue weighted by atomic mass is 16.6. The van der Waals surface area contributed by atoms with Crippen molar-refractivity contribution in [3.8, 4) is 0 Å². The predicted molar refractivity (Wildman–Crippen MR) is 56.0 cm³/mol. The molecule has 1 aromatic heterocycles. The molecule has 0 saturated carbocycles. The summed E-state index contributed by atoms with van der Waals surface area (Å²) in [6.07, 6.45) is 0.304. The summed E-state index contributed by atoms with van der Waals surface area (Å²) in [6, 6.07) is 1.48. The number of aromatic nitrogens is 2. The zero-order valence-electron chi connectivity index (χ0n) is 9.02. The van der Waals surface area contributed by atoms with Crippen LogP contribution in [-0.2, 0) is 17.7 Å². The summed E-state index contributed by atoms with van der Waals surface area (Å²) in [7, 11) is 0. The molecule has 1 aliphatic heterocycles. The van der Waals surface area contributed by atoms with Crippen LogP contribution in [0.5, 0.6) is 0 Å². The third-order valence-electron chi connectivity index (χ3n) is 2.48. The third kappa shape index (κ3) is 2.05. The number of carbonyl (C=O) groups is 1. The Morgan fingerprint density at radius 3 is 3.25 bits per heavy atom. The van der Waals surface area contributed by atoms with Crippen molar-refractivity contribution >= 4 is 6.09 Å². The summed E-state index contributed by atoms with van der Waals surface area (Å²) in [5, 5.41) is 6.33. The van der Waals surface area contributed by atoms with Gasteiger partial charge in [0.25, 0.3) is 5.56 Å². The van der Waals surface area contributed by atoms with Crippen molar-refractivity contribution in [1.29, 1.82) is 0 Å². The second-order valence-electron chi connectivity index (χ2n) is 3.57. The summed E-state index contributed by atoms with van der Waals surface area (Å²) in [5.74, 6) is 0. The van der Waals surface area contributed by atoms with Crippen LogP contribution in [0.4, 0.5) is 4.79 Å². The Bertz CT molecular complexity index is 455. The molecular formula is C10H13N3O3. The van der Waals surface area contributed by atoms with Gasteiger partial charge in [0.15, 0.2) is 0 Å². The van der Waals surface area contributed by atoms with Gasteiger partial charge in [0.1, 0.15) is 0 Å². The van der Waals surface area contributed by atoms with Crippen molar-refractivity contribution in [2.45, 2.75) is 19.9 Å². The van der Waals surface area contributed by atoms with Crippen LogP contribution in [0.2, 0.25) is 0 Å². The van der Waals surface area contributed by atoms with Crippen LogP contribution in [0, 0.1) is 0 Å². The van der Waals surface area contributed by atoms with Crippen molar-refractivity contribution in [1.82, 2.24) is 15.1 Å². The fourth-order valence-electron chi connectivity index (χ4n) is 1.72. The number of fused-ring (bicyclic) bond motifs is 1. The van der Waals surface area contributed by atoms with Gasteiger partial charge in [-0.25, -0.2) is 9.89 Å². The Labute approximate surface area is 92.2 Å². The molecule has 6 nitrogen and oxygen atoms in total. The Morgan fingerprint density at radius 1 is 1.69 bits per heavy atom. The maximum Gasteiger partial charge on any atom is 0.410 e. The molecule has 2 rings (SSSR count). The topological polar surface area (TPSA) is 75.3 Å². The molecule has 1 amide bonds. The van der Waals surface area contributed by atoms with E-state index in [2.05, 4.69) is 10.2 Å². The Morgan fingerprint density at radius 2 is 2.50 bits per heavy atom. The lowest BCUT2D eigenvalue weighted by atomic mass is 10.1. The molecule has 0 radical (unpaired) electrons. The molecule has 1 aliphatic rings. The number of hydrogen-bond donors (Lipinski definition) is 1.